The van der Waals surface area contributed by atoms with Crippen LogP contribution in [0.25, 0.3) is 17.2 Å². The molecule has 34 heavy (non-hydrogen) atoms. The molecule has 0 saturated heterocycles. The maximum Gasteiger partial charge on any atom is 0.329 e. The van der Waals surface area contributed by atoms with Gasteiger partial charge in [0.25, 0.3) is 0 Å². The van der Waals surface area contributed by atoms with Gasteiger partial charge in [-0.2, -0.15) is 0 Å². The topological polar surface area (TPSA) is 92.1 Å². The minimum absolute atomic E-state index is 0.232. The van der Waals surface area contributed by atoms with Gasteiger partial charge in [0, 0.05) is 28.9 Å². The van der Waals surface area contributed by atoms with Crippen molar-refractivity contribution in [1.29, 1.82) is 0 Å². The molecule has 0 unspecified atom stereocenters. The molecule has 2 aliphatic rings. The van der Waals surface area contributed by atoms with Crippen molar-refractivity contribution in [1.82, 2.24) is 15.0 Å². The number of amides is 2. The average Bonchev–Trinajstić information content (AvgIpc) is 3.54. The molecule has 2 aliphatic carbocycles. The van der Waals surface area contributed by atoms with Crippen molar-refractivity contribution in [3.63, 3.8) is 0 Å². The number of rotatable bonds is 9. The highest BCUT2D eigenvalue weighted by atomic mass is 32.2. The second-order valence-electron chi connectivity index (χ2n) is 8.72. The lowest BCUT2D eigenvalue weighted by Crippen LogP contribution is -2.24. The van der Waals surface area contributed by atoms with Gasteiger partial charge in [0.15, 0.2) is 0 Å². The van der Waals surface area contributed by atoms with Gasteiger partial charge in [0.05, 0.1) is 11.4 Å². The Kier molecular flexibility index (Phi) is 7.95. The van der Waals surface area contributed by atoms with E-state index >= 15 is 0 Å². The van der Waals surface area contributed by atoms with E-state index in [2.05, 4.69) is 46.3 Å². The molecule has 1 saturated carbocycles. The van der Waals surface area contributed by atoms with Crippen LogP contribution >= 0.6 is 11.9 Å². The Morgan fingerprint density at radius 2 is 2.15 bits per heavy atom. The molecule has 0 spiro atoms. The first-order chi connectivity index (χ1) is 16.6. The van der Waals surface area contributed by atoms with Gasteiger partial charge in [0.1, 0.15) is 0 Å². The number of aromatic nitrogens is 1. The van der Waals surface area contributed by atoms with Crippen molar-refractivity contribution in [3.8, 4) is 11.1 Å². The van der Waals surface area contributed by atoms with Gasteiger partial charge in [-0.3, -0.25) is 9.71 Å². The molecule has 0 aliphatic heterocycles. The lowest BCUT2D eigenvalue weighted by atomic mass is 9.93. The van der Waals surface area contributed by atoms with Gasteiger partial charge < -0.3 is 16.4 Å². The number of carbonyl (C=O) groups excluding carboxylic acids is 1. The number of pyridine rings is 1. The number of fused-ring (bicyclic) bond motifs is 1. The standard InChI is InChI=1S/C27H33N5OS/c1-3-4-7-23(17-30-21-9-10-21)34-32-27(33)31-26-24-8-5-6-19(24)15-18(2)25(26)20-12-14-29-22(16-20)11-13-28/h4,7,11-17,21,30H,3,5-6,8-10,28H2,1-2H3,(H2,31,32,33)/b7-4+,13-11-,23-17+. The first kappa shape index (κ1) is 24.0. The van der Waals surface area contributed by atoms with Crippen LogP contribution in [0.1, 0.15) is 55.0 Å². The highest BCUT2D eigenvalue weighted by Crippen LogP contribution is 2.40. The summed E-state index contributed by atoms with van der Waals surface area (Å²) < 4.78 is 2.97. The number of benzene rings is 1. The zero-order chi connectivity index (χ0) is 23.9. The largest absolute Gasteiger partial charge is 0.405 e. The molecule has 2 amide bonds. The number of allylic oxidation sites excluding steroid dienone is 2. The molecule has 1 aromatic heterocycles. The van der Waals surface area contributed by atoms with E-state index in [9.17, 15) is 4.79 Å². The molecule has 0 atom stereocenters. The third-order valence-corrected chi connectivity index (χ3v) is 6.77. The highest BCUT2D eigenvalue weighted by Gasteiger charge is 2.23. The summed E-state index contributed by atoms with van der Waals surface area (Å²) in [5.74, 6) is 0. The minimum atomic E-state index is -0.232. The number of nitrogens with two attached hydrogens (primary N) is 1. The molecule has 1 aromatic carbocycles. The van der Waals surface area contributed by atoms with E-state index in [1.54, 1.807) is 12.3 Å². The van der Waals surface area contributed by atoms with Crippen LogP contribution in [0.3, 0.4) is 0 Å². The lowest BCUT2D eigenvalue weighted by Gasteiger charge is -2.19. The highest BCUT2D eigenvalue weighted by molar-refractivity contribution is 8.01. The van der Waals surface area contributed by atoms with Gasteiger partial charge >= 0.3 is 6.03 Å². The van der Waals surface area contributed by atoms with Crippen molar-refractivity contribution in [2.45, 2.75) is 58.4 Å². The molecule has 6 nitrogen and oxygen atoms in total. The van der Waals surface area contributed by atoms with Crippen molar-refractivity contribution in [2.75, 3.05) is 5.32 Å². The van der Waals surface area contributed by atoms with Crippen LogP contribution < -0.4 is 21.1 Å². The van der Waals surface area contributed by atoms with E-state index in [0.717, 1.165) is 58.7 Å². The maximum absolute atomic E-state index is 13.1. The van der Waals surface area contributed by atoms with Gasteiger partial charge in [-0.15, -0.1) is 0 Å². The quantitative estimate of drug-likeness (QED) is 0.272. The van der Waals surface area contributed by atoms with E-state index in [0.29, 0.717) is 6.04 Å². The zero-order valence-electron chi connectivity index (χ0n) is 19.9. The number of urea groups is 1. The SMILES string of the molecule is CC/C=C/C(=C\NC1CC1)SNC(=O)Nc1c2c(cc(C)c1-c1ccnc(/C=C\N)c1)CCC2. The molecule has 2 aromatic rings. The number of anilines is 1. The number of nitrogens with one attached hydrogen (secondary N) is 3. The van der Waals surface area contributed by atoms with Crippen LogP contribution in [-0.2, 0) is 12.8 Å². The Hall–Kier alpha value is -3.19. The van der Waals surface area contributed by atoms with Crippen LogP contribution in [0.4, 0.5) is 10.5 Å². The second kappa shape index (κ2) is 11.3. The molecular formula is C27H33N5OS. The van der Waals surface area contributed by atoms with Crippen molar-refractivity contribution in [3.05, 3.63) is 76.2 Å². The fourth-order valence-corrected chi connectivity index (χ4v) is 4.79. The van der Waals surface area contributed by atoms with E-state index in [4.69, 9.17) is 5.73 Å². The average molecular weight is 476 g/mol. The Bertz CT molecular complexity index is 1130. The number of hydrogen-bond acceptors (Lipinski definition) is 5. The van der Waals surface area contributed by atoms with Crippen LogP contribution in [0.15, 0.2) is 53.9 Å². The lowest BCUT2D eigenvalue weighted by molar-refractivity contribution is 0.257. The Morgan fingerprint density at radius 3 is 2.91 bits per heavy atom. The predicted octanol–water partition coefficient (Wildman–Crippen LogP) is 5.80. The smallest absolute Gasteiger partial charge is 0.329 e. The van der Waals surface area contributed by atoms with Crippen molar-refractivity contribution >= 4 is 29.7 Å². The van der Waals surface area contributed by atoms with Crippen LogP contribution in [0.2, 0.25) is 0 Å². The summed E-state index contributed by atoms with van der Waals surface area (Å²) in [7, 11) is 0. The van der Waals surface area contributed by atoms with Gasteiger partial charge in [-0.25, -0.2) is 4.79 Å². The molecule has 5 N–H and O–H groups in total. The number of hydrogen-bond donors (Lipinski definition) is 4. The summed E-state index contributed by atoms with van der Waals surface area (Å²) in [6.45, 7) is 4.20. The van der Waals surface area contributed by atoms with E-state index in [1.165, 1.54) is 42.1 Å². The molecule has 1 fully saturated rings. The summed E-state index contributed by atoms with van der Waals surface area (Å²) in [5.41, 5.74) is 13.0. The first-order valence-electron chi connectivity index (χ1n) is 12.0. The Balaban J connectivity index is 1.58. The summed E-state index contributed by atoms with van der Waals surface area (Å²) in [5, 5.41) is 6.59. The summed E-state index contributed by atoms with van der Waals surface area (Å²) >= 11 is 1.32. The third-order valence-electron chi connectivity index (χ3n) is 5.99. The normalized spacial score (nSPS) is 15.6. The second-order valence-corrected chi connectivity index (χ2v) is 9.60. The monoisotopic (exact) mass is 475 g/mol. The van der Waals surface area contributed by atoms with Gasteiger partial charge in [0.2, 0.25) is 0 Å². The third kappa shape index (κ3) is 6.03. The van der Waals surface area contributed by atoms with Crippen LogP contribution in [-0.4, -0.2) is 17.1 Å². The number of aryl methyl sites for hydroxylation is 2. The minimum Gasteiger partial charge on any atom is -0.405 e. The molecule has 7 heteroatoms. The number of carbonyl (C=O) groups is 1. The van der Waals surface area contributed by atoms with Gasteiger partial charge in [-0.05, 0) is 110 Å². The zero-order valence-corrected chi connectivity index (χ0v) is 20.7. The van der Waals surface area contributed by atoms with Gasteiger partial charge in [-0.1, -0.05) is 19.1 Å². The molecule has 0 radical (unpaired) electrons. The fraction of sp³-hybridized carbons (Fsp3) is 0.333. The van der Waals surface area contributed by atoms with E-state index in [-0.39, 0.29) is 6.03 Å². The molecular weight excluding hydrogens is 442 g/mol. The summed E-state index contributed by atoms with van der Waals surface area (Å²) in [6, 6.07) is 6.58. The Labute approximate surface area is 206 Å². The summed E-state index contributed by atoms with van der Waals surface area (Å²) in [4.78, 5) is 18.4. The first-order valence-corrected chi connectivity index (χ1v) is 12.8. The maximum atomic E-state index is 13.1. The van der Waals surface area contributed by atoms with E-state index < -0.39 is 0 Å². The van der Waals surface area contributed by atoms with Crippen molar-refractivity contribution in [2.24, 2.45) is 5.73 Å². The van der Waals surface area contributed by atoms with E-state index in [1.807, 2.05) is 24.4 Å². The fourth-order valence-electron chi connectivity index (χ4n) is 4.24. The summed E-state index contributed by atoms with van der Waals surface area (Å²) in [6.07, 6.45) is 17.6. The molecule has 4 rings (SSSR count). The van der Waals surface area contributed by atoms with Crippen LogP contribution in [0.5, 0.6) is 0 Å². The Morgan fingerprint density at radius 1 is 1.29 bits per heavy atom. The molecule has 1 heterocycles. The predicted molar refractivity (Wildman–Crippen MR) is 143 cm³/mol. The van der Waals surface area contributed by atoms with Crippen LogP contribution in [0, 0.1) is 6.92 Å². The number of nitrogens with zero attached hydrogens (tertiary/aromatic N) is 1. The van der Waals surface area contributed by atoms with Crippen molar-refractivity contribution < 1.29 is 4.79 Å². The molecule has 178 valence electrons. The molecule has 0 bridgehead atoms.